The van der Waals surface area contributed by atoms with Gasteiger partial charge in [-0.15, -0.1) is 0 Å². The molecule has 1 atom stereocenters. The molecule has 168 valence electrons. The zero-order chi connectivity index (χ0) is 22.6. The molecule has 1 N–H and O–H groups in total. The number of likely N-dealkylation sites (tertiary alicyclic amines) is 1. The summed E-state index contributed by atoms with van der Waals surface area (Å²) in [5.74, 6) is 0.154. The van der Waals surface area contributed by atoms with Crippen LogP contribution in [-0.2, 0) is 14.8 Å². The van der Waals surface area contributed by atoms with Crippen LogP contribution in [0.25, 0.3) is 0 Å². The molecule has 0 aliphatic carbocycles. The van der Waals surface area contributed by atoms with Gasteiger partial charge >= 0.3 is 0 Å². The van der Waals surface area contributed by atoms with E-state index in [4.69, 9.17) is 11.6 Å². The highest BCUT2D eigenvalue weighted by molar-refractivity contribution is 7.89. The second-order valence-electron chi connectivity index (χ2n) is 8.54. The predicted molar refractivity (Wildman–Crippen MR) is 125 cm³/mol. The molecule has 0 saturated carbocycles. The van der Waals surface area contributed by atoms with Crippen molar-refractivity contribution in [2.45, 2.75) is 50.8 Å². The molecule has 1 unspecified atom stereocenters. The van der Waals surface area contributed by atoms with Crippen LogP contribution < -0.4 is 4.72 Å². The van der Waals surface area contributed by atoms with E-state index in [9.17, 15) is 13.2 Å². The minimum Gasteiger partial charge on any atom is -0.342 e. The molecule has 1 amide bonds. The Morgan fingerprint density at radius 2 is 1.84 bits per heavy atom. The number of benzene rings is 2. The van der Waals surface area contributed by atoms with E-state index >= 15 is 0 Å². The molecule has 0 bridgehead atoms. The van der Waals surface area contributed by atoms with Crippen molar-refractivity contribution >= 4 is 27.5 Å². The number of aryl methyl sites for hydroxylation is 2. The normalized spacial score (nSPS) is 16.3. The fourth-order valence-electron chi connectivity index (χ4n) is 4.03. The van der Waals surface area contributed by atoms with E-state index < -0.39 is 15.9 Å². The fourth-order valence-corrected chi connectivity index (χ4v) is 5.67. The molecule has 1 heterocycles. The van der Waals surface area contributed by atoms with Crippen molar-refractivity contribution in [1.29, 1.82) is 0 Å². The summed E-state index contributed by atoms with van der Waals surface area (Å²) in [5, 5.41) is 0.531. The lowest BCUT2D eigenvalue weighted by molar-refractivity contribution is -0.134. The summed E-state index contributed by atoms with van der Waals surface area (Å²) in [6.07, 6.45) is 2.32. The van der Waals surface area contributed by atoms with Gasteiger partial charge in [-0.05, 0) is 67.9 Å². The van der Waals surface area contributed by atoms with Crippen molar-refractivity contribution < 1.29 is 13.2 Å². The van der Waals surface area contributed by atoms with Gasteiger partial charge in [0.1, 0.15) is 0 Å². The van der Waals surface area contributed by atoms with Crippen LogP contribution >= 0.6 is 11.6 Å². The van der Waals surface area contributed by atoms with Crippen LogP contribution in [0.15, 0.2) is 47.4 Å². The Bertz CT molecular complexity index is 1030. The van der Waals surface area contributed by atoms with Crippen LogP contribution in [-0.4, -0.2) is 38.9 Å². The number of rotatable bonds is 7. The van der Waals surface area contributed by atoms with Gasteiger partial charge in [-0.3, -0.25) is 4.79 Å². The summed E-state index contributed by atoms with van der Waals surface area (Å²) in [6, 6.07) is 12.7. The van der Waals surface area contributed by atoms with Crippen LogP contribution in [0.4, 0.5) is 0 Å². The first kappa shape index (κ1) is 23.8. The number of carbonyl (C=O) groups is 1. The van der Waals surface area contributed by atoms with Crippen molar-refractivity contribution in [1.82, 2.24) is 9.62 Å². The number of nitrogens with zero attached hydrogens (tertiary/aromatic N) is 1. The Kier molecular flexibility index (Phi) is 7.78. The molecule has 0 radical (unpaired) electrons. The maximum absolute atomic E-state index is 13.4. The molecule has 0 aromatic heterocycles. The number of carbonyl (C=O) groups excluding carboxylic acids is 1. The average molecular weight is 463 g/mol. The monoisotopic (exact) mass is 462 g/mol. The van der Waals surface area contributed by atoms with Gasteiger partial charge in [0.15, 0.2) is 0 Å². The van der Waals surface area contributed by atoms with Gasteiger partial charge in [0.25, 0.3) is 0 Å². The van der Waals surface area contributed by atoms with Crippen molar-refractivity contribution in [2.24, 2.45) is 5.92 Å². The highest BCUT2D eigenvalue weighted by Crippen LogP contribution is 2.30. The first-order valence-corrected chi connectivity index (χ1v) is 12.7. The second kappa shape index (κ2) is 10.2. The molecule has 5 nitrogen and oxygen atoms in total. The van der Waals surface area contributed by atoms with E-state index in [1.165, 1.54) is 0 Å². The molecule has 31 heavy (non-hydrogen) atoms. The zero-order valence-corrected chi connectivity index (χ0v) is 20.0. The lowest BCUT2D eigenvalue weighted by Gasteiger charge is -2.33. The number of halogens is 1. The molecule has 0 spiro atoms. The van der Waals surface area contributed by atoms with Crippen LogP contribution in [0.5, 0.6) is 0 Å². The lowest BCUT2D eigenvalue weighted by Crippen LogP contribution is -2.41. The summed E-state index contributed by atoms with van der Waals surface area (Å²) in [5.41, 5.74) is 2.33. The average Bonchev–Trinajstić information content (AvgIpc) is 2.74. The molecule has 2 aromatic rings. The SMILES string of the molecule is Cc1ccc(C)c(S(=O)(=O)NCCC(C(=O)N2CCC(C)CC2)c2ccccc2Cl)c1. The van der Waals surface area contributed by atoms with Gasteiger partial charge in [-0.1, -0.05) is 48.9 Å². The van der Waals surface area contributed by atoms with Gasteiger partial charge < -0.3 is 4.90 Å². The molecular weight excluding hydrogens is 432 g/mol. The molecule has 1 aliphatic rings. The zero-order valence-electron chi connectivity index (χ0n) is 18.4. The topological polar surface area (TPSA) is 66.5 Å². The highest BCUT2D eigenvalue weighted by Gasteiger charge is 2.30. The van der Waals surface area contributed by atoms with Gasteiger partial charge in [-0.25, -0.2) is 13.1 Å². The summed E-state index contributed by atoms with van der Waals surface area (Å²) in [4.78, 5) is 15.5. The molecule has 1 aliphatic heterocycles. The lowest BCUT2D eigenvalue weighted by atomic mass is 9.92. The van der Waals surface area contributed by atoms with Crippen molar-refractivity contribution in [2.75, 3.05) is 19.6 Å². The predicted octanol–water partition coefficient (Wildman–Crippen LogP) is 4.67. The molecule has 3 rings (SSSR count). The Morgan fingerprint density at radius 1 is 1.16 bits per heavy atom. The molecule has 2 aromatic carbocycles. The quantitative estimate of drug-likeness (QED) is 0.650. The third-order valence-corrected chi connectivity index (χ3v) is 7.98. The third kappa shape index (κ3) is 5.88. The van der Waals surface area contributed by atoms with E-state index in [2.05, 4.69) is 11.6 Å². The second-order valence-corrected chi connectivity index (χ2v) is 10.7. The van der Waals surface area contributed by atoms with Crippen molar-refractivity contribution in [3.8, 4) is 0 Å². The smallest absolute Gasteiger partial charge is 0.240 e. The third-order valence-electron chi connectivity index (χ3n) is 6.03. The minimum absolute atomic E-state index is 0.0194. The Labute approximate surface area is 190 Å². The van der Waals surface area contributed by atoms with Crippen molar-refractivity contribution in [3.05, 3.63) is 64.2 Å². The standard InChI is InChI=1S/C24H31ClN2O3S/c1-17-11-14-27(15-12-17)24(28)21(20-6-4-5-7-22(20)25)10-13-26-31(29,30)23-16-18(2)8-9-19(23)3/h4-9,16-17,21,26H,10-15H2,1-3H3. The van der Waals surface area contributed by atoms with E-state index in [0.717, 1.165) is 37.1 Å². The fraction of sp³-hybridized carbons (Fsp3) is 0.458. The summed E-state index contributed by atoms with van der Waals surface area (Å²) in [7, 11) is -3.67. The minimum atomic E-state index is -3.67. The highest BCUT2D eigenvalue weighted by atomic mass is 35.5. The molecule has 1 fully saturated rings. The molecular formula is C24H31ClN2O3S. The summed E-state index contributed by atoms with van der Waals surface area (Å²) >= 11 is 6.42. The van der Waals surface area contributed by atoms with Crippen LogP contribution in [0.1, 0.15) is 48.8 Å². The summed E-state index contributed by atoms with van der Waals surface area (Å²) < 4.78 is 28.4. The number of amides is 1. The van der Waals surface area contributed by atoms with E-state index in [0.29, 0.717) is 22.9 Å². The first-order chi connectivity index (χ1) is 14.7. The Hall–Kier alpha value is -1.89. The van der Waals surface area contributed by atoms with Gasteiger partial charge in [0.05, 0.1) is 10.8 Å². The summed E-state index contributed by atoms with van der Waals surface area (Å²) in [6.45, 7) is 7.47. The van der Waals surface area contributed by atoms with Gasteiger partial charge in [-0.2, -0.15) is 0 Å². The largest absolute Gasteiger partial charge is 0.342 e. The maximum Gasteiger partial charge on any atom is 0.240 e. The number of piperidine rings is 1. The first-order valence-electron chi connectivity index (χ1n) is 10.8. The number of hydrogen-bond donors (Lipinski definition) is 1. The van der Waals surface area contributed by atoms with Crippen LogP contribution in [0, 0.1) is 19.8 Å². The van der Waals surface area contributed by atoms with Crippen molar-refractivity contribution in [3.63, 3.8) is 0 Å². The van der Waals surface area contributed by atoms with E-state index in [1.54, 1.807) is 25.1 Å². The van der Waals surface area contributed by atoms with Gasteiger partial charge in [0.2, 0.25) is 15.9 Å². The van der Waals surface area contributed by atoms with Crippen LogP contribution in [0.2, 0.25) is 5.02 Å². The van der Waals surface area contributed by atoms with E-state index in [1.807, 2.05) is 36.1 Å². The number of nitrogens with one attached hydrogen (secondary N) is 1. The molecule has 1 saturated heterocycles. The number of hydrogen-bond acceptors (Lipinski definition) is 3. The number of sulfonamides is 1. The maximum atomic E-state index is 13.4. The van der Waals surface area contributed by atoms with Crippen LogP contribution in [0.3, 0.4) is 0 Å². The Balaban J connectivity index is 1.77. The molecule has 7 heteroatoms. The van der Waals surface area contributed by atoms with E-state index in [-0.39, 0.29) is 17.3 Å². The Morgan fingerprint density at radius 3 is 2.52 bits per heavy atom. The van der Waals surface area contributed by atoms with Gasteiger partial charge in [0, 0.05) is 24.7 Å².